The molecule has 0 fully saturated rings. The van der Waals surface area contributed by atoms with Crippen molar-refractivity contribution in [3.05, 3.63) is 23.3 Å². The van der Waals surface area contributed by atoms with Gasteiger partial charge in [-0.15, -0.1) is 23.5 Å². The standard InChI is InChI=1S/C20H34O2S3/c1-7-23-18(11-10-12-19(24-8-2)25-9-3)20-16(21-5)13-15(4)14-17(20)22-6/h13-14,18-19H,7-12H2,1-6H3. The normalized spacial score (nSPS) is 12.4. The number of ether oxygens (including phenoxy) is 2. The molecule has 2 nitrogen and oxygen atoms in total. The Morgan fingerprint density at radius 1 is 0.840 bits per heavy atom. The number of rotatable bonds is 13. The highest BCUT2D eigenvalue weighted by Crippen LogP contribution is 2.45. The minimum absolute atomic E-state index is 0.425. The zero-order valence-electron chi connectivity index (χ0n) is 16.6. The van der Waals surface area contributed by atoms with E-state index in [4.69, 9.17) is 9.47 Å². The maximum atomic E-state index is 5.70. The molecule has 25 heavy (non-hydrogen) atoms. The summed E-state index contributed by atoms with van der Waals surface area (Å²) in [6.45, 7) is 8.83. The van der Waals surface area contributed by atoms with E-state index in [0.29, 0.717) is 5.25 Å². The number of aryl methyl sites for hydroxylation is 1. The molecule has 1 aromatic rings. The predicted molar refractivity (Wildman–Crippen MR) is 119 cm³/mol. The van der Waals surface area contributed by atoms with Gasteiger partial charge >= 0.3 is 0 Å². The third kappa shape index (κ3) is 7.56. The summed E-state index contributed by atoms with van der Waals surface area (Å²) in [5, 5.41) is 0.425. The van der Waals surface area contributed by atoms with E-state index in [1.54, 1.807) is 14.2 Å². The third-order valence-corrected chi connectivity index (χ3v) is 7.89. The average Bonchev–Trinajstić information content (AvgIpc) is 2.60. The molecular weight excluding hydrogens is 368 g/mol. The van der Waals surface area contributed by atoms with E-state index >= 15 is 0 Å². The second-order valence-corrected chi connectivity index (χ2v) is 10.5. The molecular formula is C20H34O2S3. The molecule has 0 aliphatic carbocycles. The van der Waals surface area contributed by atoms with Gasteiger partial charge in [0, 0.05) is 10.8 Å². The van der Waals surface area contributed by atoms with E-state index in [1.165, 1.54) is 41.9 Å². The SMILES string of the molecule is CCSC(CCCC(SCC)c1c(OC)cc(C)cc1OC)SCC. The van der Waals surface area contributed by atoms with E-state index < -0.39 is 0 Å². The summed E-state index contributed by atoms with van der Waals surface area (Å²) in [6.07, 6.45) is 3.68. The van der Waals surface area contributed by atoms with Crippen molar-refractivity contribution in [1.29, 1.82) is 0 Å². The molecule has 0 radical (unpaired) electrons. The van der Waals surface area contributed by atoms with Gasteiger partial charge in [0.2, 0.25) is 0 Å². The molecule has 1 aromatic carbocycles. The molecule has 0 aromatic heterocycles. The highest BCUT2D eigenvalue weighted by Gasteiger charge is 2.22. The van der Waals surface area contributed by atoms with E-state index in [9.17, 15) is 0 Å². The molecule has 5 heteroatoms. The van der Waals surface area contributed by atoms with Gasteiger partial charge in [-0.2, -0.15) is 11.8 Å². The van der Waals surface area contributed by atoms with Gasteiger partial charge in [0.25, 0.3) is 0 Å². The Hall–Kier alpha value is -0.130. The third-order valence-electron chi connectivity index (χ3n) is 3.99. The lowest BCUT2D eigenvalue weighted by Gasteiger charge is -2.23. The van der Waals surface area contributed by atoms with Crippen LogP contribution in [0.1, 0.15) is 56.4 Å². The molecule has 0 spiro atoms. The number of thioether (sulfide) groups is 3. The zero-order valence-corrected chi connectivity index (χ0v) is 19.0. The molecule has 0 saturated heterocycles. The Bertz CT molecular complexity index is 463. The van der Waals surface area contributed by atoms with Gasteiger partial charge in [0.15, 0.2) is 0 Å². The lowest BCUT2D eigenvalue weighted by atomic mass is 10.0. The van der Waals surface area contributed by atoms with Crippen LogP contribution < -0.4 is 9.47 Å². The van der Waals surface area contributed by atoms with Gasteiger partial charge in [0.1, 0.15) is 11.5 Å². The summed E-state index contributed by atoms with van der Waals surface area (Å²) in [6, 6.07) is 4.26. The van der Waals surface area contributed by atoms with Crippen LogP contribution in [0.4, 0.5) is 0 Å². The van der Waals surface area contributed by atoms with Crippen molar-refractivity contribution in [2.45, 2.75) is 56.8 Å². The summed E-state index contributed by atoms with van der Waals surface area (Å²) >= 11 is 6.17. The summed E-state index contributed by atoms with van der Waals surface area (Å²) < 4.78 is 12.1. The first-order chi connectivity index (χ1) is 12.1. The Labute approximate surface area is 167 Å². The lowest BCUT2D eigenvalue weighted by molar-refractivity contribution is 0.383. The van der Waals surface area contributed by atoms with Crippen molar-refractivity contribution in [3.8, 4) is 11.5 Å². The summed E-state index contributed by atoms with van der Waals surface area (Å²) in [4.78, 5) is 0. The minimum Gasteiger partial charge on any atom is -0.496 e. The van der Waals surface area contributed by atoms with Crippen molar-refractivity contribution in [2.24, 2.45) is 0 Å². The molecule has 144 valence electrons. The largest absolute Gasteiger partial charge is 0.496 e. The maximum Gasteiger partial charge on any atom is 0.127 e. The van der Waals surface area contributed by atoms with Gasteiger partial charge in [0.05, 0.1) is 18.8 Å². The number of hydrogen-bond donors (Lipinski definition) is 0. The fourth-order valence-corrected chi connectivity index (χ4v) is 6.70. The van der Waals surface area contributed by atoms with E-state index in [-0.39, 0.29) is 0 Å². The molecule has 0 aliphatic heterocycles. The van der Waals surface area contributed by atoms with Gasteiger partial charge in [-0.1, -0.05) is 27.2 Å². The molecule has 0 bridgehead atoms. The van der Waals surface area contributed by atoms with Crippen molar-refractivity contribution in [3.63, 3.8) is 0 Å². The Kier molecular flexibility index (Phi) is 12.0. The molecule has 1 atom stereocenters. The van der Waals surface area contributed by atoms with Crippen LogP contribution >= 0.6 is 35.3 Å². The smallest absolute Gasteiger partial charge is 0.127 e. The summed E-state index contributed by atoms with van der Waals surface area (Å²) in [5.41, 5.74) is 2.40. The minimum atomic E-state index is 0.425. The summed E-state index contributed by atoms with van der Waals surface area (Å²) in [5.74, 6) is 5.42. The van der Waals surface area contributed by atoms with Crippen LogP contribution in [0.15, 0.2) is 12.1 Å². The second-order valence-electron chi connectivity index (χ2n) is 5.80. The number of methoxy groups -OCH3 is 2. The van der Waals surface area contributed by atoms with Crippen molar-refractivity contribution in [1.82, 2.24) is 0 Å². The van der Waals surface area contributed by atoms with Crippen LogP contribution in [-0.4, -0.2) is 36.1 Å². The zero-order chi connectivity index (χ0) is 18.7. The molecule has 0 aliphatic rings. The maximum absolute atomic E-state index is 5.70. The van der Waals surface area contributed by atoms with E-state index in [2.05, 4.69) is 63.4 Å². The van der Waals surface area contributed by atoms with Crippen LogP contribution in [0.5, 0.6) is 11.5 Å². The first-order valence-corrected chi connectivity index (χ1v) is 12.3. The first kappa shape index (κ1) is 22.9. The predicted octanol–water partition coefficient (Wildman–Crippen LogP) is 6.81. The van der Waals surface area contributed by atoms with Crippen molar-refractivity contribution < 1.29 is 9.47 Å². The molecule has 1 rings (SSSR count). The van der Waals surface area contributed by atoms with E-state index in [1.807, 2.05) is 11.8 Å². The van der Waals surface area contributed by atoms with Gasteiger partial charge in [-0.05, 0) is 54.7 Å². The fourth-order valence-electron chi connectivity index (χ4n) is 2.96. The monoisotopic (exact) mass is 402 g/mol. The highest BCUT2D eigenvalue weighted by atomic mass is 32.2. The van der Waals surface area contributed by atoms with Gasteiger partial charge < -0.3 is 9.47 Å². The quantitative estimate of drug-likeness (QED) is 0.336. The Morgan fingerprint density at radius 3 is 1.80 bits per heavy atom. The van der Waals surface area contributed by atoms with Crippen LogP contribution in [-0.2, 0) is 0 Å². The van der Waals surface area contributed by atoms with Gasteiger partial charge in [-0.25, -0.2) is 0 Å². The second kappa shape index (κ2) is 13.1. The molecule has 0 amide bonds. The number of benzene rings is 1. The molecule has 1 unspecified atom stereocenters. The van der Waals surface area contributed by atoms with Crippen LogP contribution in [0, 0.1) is 6.92 Å². The Morgan fingerprint density at radius 2 is 1.36 bits per heavy atom. The summed E-state index contributed by atoms with van der Waals surface area (Å²) in [7, 11) is 3.52. The lowest BCUT2D eigenvalue weighted by Crippen LogP contribution is -2.05. The van der Waals surface area contributed by atoms with Crippen LogP contribution in [0.2, 0.25) is 0 Å². The molecule has 0 N–H and O–H groups in total. The molecule has 0 saturated carbocycles. The highest BCUT2D eigenvalue weighted by molar-refractivity contribution is 8.16. The van der Waals surface area contributed by atoms with Crippen LogP contribution in [0.3, 0.4) is 0 Å². The average molecular weight is 403 g/mol. The molecule has 0 heterocycles. The van der Waals surface area contributed by atoms with E-state index in [0.717, 1.165) is 21.8 Å². The van der Waals surface area contributed by atoms with Crippen molar-refractivity contribution in [2.75, 3.05) is 31.5 Å². The first-order valence-electron chi connectivity index (χ1n) is 9.18. The topological polar surface area (TPSA) is 18.5 Å². The fraction of sp³-hybridized carbons (Fsp3) is 0.700. The Balaban J connectivity index is 2.89. The van der Waals surface area contributed by atoms with Crippen molar-refractivity contribution >= 4 is 35.3 Å². The number of hydrogen-bond acceptors (Lipinski definition) is 5. The van der Waals surface area contributed by atoms with Crippen LogP contribution in [0.25, 0.3) is 0 Å². The van der Waals surface area contributed by atoms with Gasteiger partial charge in [-0.3, -0.25) is 0 Å².